The fourth-order valence-electron chi connectivity index (χ4n) is 3.04. The van der Waals surface area contributed by atoms with E-state index in [-0.39, 0.29) is 5.91 Å². The molecule has 0 spiro atoms. The lowest BCUT2D eigenvalue weighted by atomic mass is 9.98. The van der Waals surface area contributed by atoms with Crippen molar-refractivity contribution in [3.8, 4) is 17.2 Å². The zero-order valence-electron chi connectivity index (χ0n) is 16.6. The largest absolute Gasteiger partial charge is 0.496 e. The van der Waals surface area contributed by atoms with E-state index in [9.17, 15) is 9.90 Å². The standard InChI is InChI=1S/C22H27NO5/c1-22(2,25)8-7-15-5-4-6-16(11-15)21(24)23-14-17-12-19-20(13-18(17)26-3)28-10-9-27-19/h4-6,11-13,25H,7-10,14H2,1-3H3,(H,23,24). The number of hydrogen-bond donors (Lipinski definition) is 2. The fourth-order valence-corrected chi connectivity index (χ4v) is 3.04. The molecule has 1 aliphatic rings. The molecule has 2 aromatic rings. The van der Waals surface area contributed by atoms with E-state index >= 15 is 0 Å². The number of carbonyl (C=O) groups excluding carboxylic acids is 1. The lowest BCUT2D eigenvalue weighted by molar-refractivity contribution is 0.0714. The predicted molar refractivity (Wildman–Crippen MR) is 106 cm³/mol. The molecule has 0 radical (unpaired) electrons. The van der Waals surface area contributed by atoms with E-state index < -0.39 is 5.60 Å². The van der Waals surface area contributed by atoms with Gasteiger partial charge in [0.15, 0.2) is 11.5 Å². The SMILES string of the molecule is COc1cc2c(cc1CNC(=O)c1cccc(CCC(C)(C)O)c1)OCCO2. The van der Waals surface area contributed by atoms with Gasteiger partial charge in [0.2, 0.25) is 0 Å². The van der Waals surface area contributed by atoms with E-state index in [1.165, 1.54) is 0 Å². The lowest BCUT2D eigenvalue weighted by Gasteiger charge is -2.21. The molecule has 2 N–H and O–H groups in total. The third kappa shape index (κ3) is 5.16. The van der Waals surface area contributed by atoms with E-state index in [2.05, 4.69) is 5.32 Å². The summed E-state index contributed by atoms with van der Waals surface area (Å²) in [5.74, 6) is 1.79. The number of rotatable bonds is 7. The Balaban J connectivity index is 1.67. The van der Waals surface area contributed by atoms with Crippen LogP contribution in [0.25, 0.3) is 0 Å². The molecule has 0 atom stereocenters. The van der Waals surface area contributed by atoms with E-state index in [0.717, 1.165) is 11.1 Å². The smallest absolute Gasteiger partial charge is 0.251 e. The van der Waals surface area contributed by atoms with Crippen LogP contribution >= 0.6 is 0 Å². The summed E-state index contributed by atoms with van der Waals surface area (Å²) < 4.78 is 16.6. The number of amides is 1. The highest BCUT2D eigenvalue weighted by atomic mass is 16.6. The summed E-state index contributed by atoms with van der Waals surface area (Å²) in [6.45, 7) is 4.89. The summed E-state index contributed by atoms with van der Waals surface area (Å²) in [7, 11) is 1.59. The number of nitrogens with one attached hydrogen (secondary N) is 1. The molecule has 0 saturated carbocycles. The predicted octanol–water partition coefficient (Wildman–Crippen LogP) is 3.10. The minimum Gasteiger partial charge on any atom is -0.496 e. The van der Waals surface area contributed by atoms with E-state index in [1.54, 1.807) is 33.1 Å². The summed E-state index contributed by atoms with van der Waals surface area (Å²) in [4.78, 5) is 12.6. The van der Waals surface area contributed by atoms with Crippen molar-refractivity contribution in [1.82, 2.24) is 5.32 Å². The van der Waals surface area contributed by atoms with Crippen molar-refractivity contribution in [1.29, 1.82) is 0 Å². The molecular formula is C22H27NO5. The van der Waals surface area contributed by atoms with Crippen LogP contribution in [0.1, 0.15) is 41.8 Å². The monoisotopic (exact) mass is 385 g/mol. The van der Waals surface area contributed by atoms with Crippen LogP contribution in [0.2, 0.25) is 0 Å². The first-order valence-corrected chi connectivity index (χ1v) is 9.42. The van der Waals surface area contributed by atoms with Crippen LogP contribution < -0.4 is 19.5 Å². The maximum atomic E-state index is 12.6. The molecule has 1 amide bonds. The highest BCUT2D eigenvalue weighted by Crippen LogP contribution is 2.36. The van der Waals surface area contributed by atoms with Crippen LogP contribution in [-0.4, -0.2) is 36.9 Å². The molecule has 0 unspecified atom stereocenters. The van der Waals surface area contributed by atoms with Gasteiger partial charge in [0.05, 0.1) is 12.7 Å². The summed E-state index contributed by atoms with van der Waals surface area (Å²) in [5, 5.41) is 12.8. The molecule has 1 aliphatic heterocycles. The molecular weight excluding hydrogens is 358 g/mol. The van der Waals surface area contributed by atoms with Crippen molar-refractivity contribution in [2.45, 2.75) is 38.8 Å². The molecule has 0 bridgehead atoms. The minimum absolute atomic E-state index is 0.165. The second-order valence-corrected chi connectivity index (χ2v) is 7.50. The van der Waals surface area contributed by atoms with Gasteiger partial charge in [0.25, 0.3) is 5.91 Å². The van der Waals surface area contributed by atoms with Gasteiger partial charge in [-0.05, 0) is 50.5 Å². The maximum absolute atomic E-state index is 12.6. The number of ether oxygens (including phenoxy) is 3. The molecule has 0 aliphatic carbocycles. The van der Waals surface area contributed by atoms with Crippen LogP contribution in [-0.2, 0) is 13.0 Å². The highest BCUT2D eigenvalue weighted by Gasteiger charge is 2.17. The lowest BCUT2D eigenvalue weighted by Crippen LogP contribution is -2.24. The molecule has 0 fully saturated rings. The van der Waals surface area contributed by atoms with E-state index in [0.29, 0.717) is 55.4 Å². The van der Waals surface area contributed by atoms with Gasteiger partial charge in [0, 0.05) is 23.7 Å². The quantitative estimate of drug-likeness (QED) is 0.766. The van der Waals surface area contributed by atoms with Gasteiger partial charge in [-0.15, -0.1) is 0 Å². The Bertz CT molecular complexity index is 841. The zero-order valence-corrected chi connectivity index (χ0v) is 16.6. The van der Waals surface area contributed by atoms with Gasteiger partial charge in [-0.1, -0.05) is 12.1 Å². The number of fused-ring (bicyclic) bond motifs is 1. The third-order valence-electron chi connectivity index (χ3n) is 4.60. The first-order chi connectivity index (χ1) is 13.4. The number of carbonyl (C=O) groups is 1. The molecule has 1 heterocycles. The number of aliphatic hydroxyl groups is 1. The molecule has 3 rings (SSSR count). The summed E-state index contributed by atoms with van der Waals surface area (Å²) in [6.07, 6.45) is 1.34. The third-order valence-corrected chi connectivity index (χ3v) is 4.60. The van der Waals surface area contributed by atoms with Crippen molar-refractivity contribution in [2.24, 2.45) is 0 Å². The molecule has 0 saturated heterocycles. The van der Waals surface area contributed by atoms with Gasteiger partial charge >= 0.3 is 0 Å². The van der Waals surface area contributed by atoms with E-state index in [4.69, 9.17) is 14.2 Å². The molecule has 0 aromatic heterocycles. The molecule has 6 heteroatoms. The summed E-state index contributed by atoms with van der Waals surface area (Å²) in [6, 6.07) is 11.1. The number of benzene rings is 2. The second kappa shape index (κ2) is 8.52. The Morgan fingerprint density at radius 2 is 1.89 bits per heavy atom. The van der Waals surface area contributed by atoms with Crippen LogP contribution in [0.4, 0.5) is 0 Å². The van der Waals surface area contributed by atoms with E-state index in [1.807, 2.05) is 24.3 Å². The molecule has 6 nitrogen and oxygen atoms in total. The topological polar surface area (TPSA) is 77.0 Å². The van der Waals surface area contributed by atoms with Crippen LogP contribution in [0, 0.1) is 0 Å². The number of hydrogen-bond acceptors (Lipinski definition) is 5. The average Bonchev–Trinajstić information content (AvgIpc) is 2.69. The summed E-state index contributed by atoms with van der Waals surface area (Å²) in [5.41, 5.74) is 1.70. The van der Waals surface area contributed by atoms with Crippen molar-refractivity contribution in [3.05, 3.63) is 53.1 Å². The minimum atomic E-state index is -0.729. The average molecular weight is 385 g/mol. The Kier molecular flexibility index (Phi) is 6.09. The highest BCUT2D eigenvalue weighted by molar-refractivity contribution is 5.94. The molecule has 150 valence electrons. The normalized spacial score (nSPS) is 13.1. The van der Waals surface area contributed by atoms with Crippen molar-refractivity contribution >= 4 is 5.91 Å². The Morgan fingerprint density at radius 1 is 1.18 bits per heavy atom. The van der Waals surface area contributed by atoms with Gasteiger partial charge in [-0.3, -0.25) is 4.79 Å². The maximum Gasteiger partial charge on any atom is 0.251 e. The van der Waals surface area contributed by atoms with Crippen molar-refractivity contribution in [3.63, 3.8) is 0 Å². The summed E-state index contributed by atoms with van der Waals surface area (Å²) >= 11 is 0. The van der Waals surface area contributed by atoms with Gasteiger partial charge in [0.1, 0.15) is 19.0 Å². The van der Waals surface area contributed by atoms with Gasteiger partial charge in [-0.2, -0.15) is 0 Å². The zero-order chi connectivity index (χ0) is 20.1. The van der Waals surface area contributed by atoms with Crippen LogP contribution in [0.15, 0.2) is 36.4 Å². The number of methoxy groups -OCH3 is 1. The molecule has 2 aromatic carbocycles. The Hall–Kier alpha value is -2.73. The fraction of sp³-hybridized carbons (Fsp3) is 0.409. The van der Waals surface area contributed by atoms with Crippen molar-refractivity contribution < 1.29 is 24.1 Å². The first-order valence-electron chi connectivity index (χ1n) is 9.42. The Labute approximate surface area is 165 Å². The van der Waals surface area contributed by atoms with Crippen molar-refractivity contribution in [2.75, 3.05) is 20.3 Å². The number of aryl methyl sites for hydroxylation is 1. The first kappa shape index (κ1) is 20.0. The molecule has 28 heavy (non-hydrogen) atoms. The van der Waals surface area contributed by atoms with Crippen LogP contribution in [0.5, 0.6) is 17.2 Å². The van der Waals surface area contributed by atoms with Gasteiger partial charge < -0.3 is 24.6 Å². The van der Waals surface area contributed by atoms with Gasteiger partial charge in [-0.25, -0.2) is 0 Å². The van der Waals surface area contributed by atoms with Crippen LogP contribution in [0.3, 0.4) is 0 Å². The second-order valence-electron chi connectivity index (χ2n) is 7.50. The Morgan fingerprint density at radius 3 is 2.57 bits per heavy atom.